The highest BCUT2D eigenvalue weighted by molar-refractivity contribution is 5.28. The van der Waals surface area contributed by atoms with E-state index in [1.807, 2.05) is 24.3 Å². The van der Waals surface area contributed by atoms with Crippen molar-refractivity contribution in [1.82, 2.24) is 5.32 Å². The van der Waals surface area contributed by atoms with E-state index < -0.39 is 6.10 Å². The van der Waals surface area contributed by atoms with Crippen LogP contribution in [0.3, 0.4) is 0 Å². The van der Waals surface area contributed by atoms with Crippen molar-refractivity contribution in [3.05, 3.63) is 29.8 Å². The lowest BCUT2D eigenvalue weighted by Crippen LogP contribution is -2.30. The number of aliphatic hydroxyl groups is 1. The fraction of sp³-hybridized carbons (Fsp3) is 0.625. The zero-order valence-electron chi connectivity index (χ0n) is 12.4. The maximum absolute atomic E-state index is 10.1. The van der Waals surface area contributed by atoms with Crippen molar-refractivity contribution in [2.75, 3.05) is 13.7 Å². The maximum atomic E-state index is 10.1. The third-order valence-corrected chi connectivity index (χ3v) is 3.40. The molecule has 0 heterocycles. The average molecular weight is 265 g/mol. The topological polar surface area (TPSA) is 41.5 Å². The van der Waals surface area contributed by atoms with Crippen molar-refractivity contribution in [2.45, 2.75) is 51.7 Å². The molecule has 108 valence electrons. The van der Waals surface area contributed by atoms with E-state index in [9.17, 15) is 5.11 Å². The van der Waals surface area contributed by atoms with Crippen molar-refractivity contribution < 1.29 is 9.84 Å². The molecule has 2 unspecified atom stereocenters. The summed E-state index contributed by atoms with van der Waals surface area (Å²) in [5.74, 6) is 0.817. The average Bonchev–Trinajstić information content (AvgIpc) is 2.45. The maximum Gasteiger partial charge on any atom is 0.118 e. The van der Waals surface area contributed by atoms with E-state index in [2.05, 4.69) is 19.2 Å². The summed E-state index contributed by atoms with van der Waals surface area (Å²) in [6.07, 6.45) is 4.50. The van der Waals surface area contributed by atoms with Gasteiger partial charge in [-0.25, -0.2) is 0 Å². The molecule has 0 aliphatic carbocycles. The van der Waals surface area contributed by atoms with Crippen molar-refractivity contribution in [3.63, 3.8) is 0 Å². The van der Waals surface area contributed by atoms with E-state index in [0.717, 1.165) is 11.3 Å². The highest BCUT2D eigenvalue weighted by Crippen LogP contribution is 2.17. The third kappa shape index (κ3) is 6.08. The van der Waals surface area contributed by atoms with Crippen LogP contribution >= 0.6 is 0 Å². The van der Waals surface area contributed by atoms with E-state index in [1.54, 1.807) is 7.11 Å². The van der Waals surface area contributed by atoms with Crippen LogP contribution in [0.4, 0.5) is 0 Å². The van der Waals surface area contributed by atoms with Gasteiger partial charge in [-0.3, -0.25) is 0 Å². The summed E-state index contributed by atoms with van der Waals surface area (Å²) < 4.78 is 5.10. The number of hydrogen-bond donors (Lipinski definition) is 2. The number of nitrogens with one attached hydrogen (secondary N) is 1. The van der Waals surface area contributed by atoms with Crippen LogP contribution in [0.25, 0.3) is 0 Å². The van der Waals surface area contributed by atoms with Crippen molar-refractivity contribution in [1.29, 1.82) is 0 Å². The van der Waals surface area contributed by atoms with Crippen LogP contribution in [0.1, 0.15) is 51.2 Å². The summed E-state index contributed by atoms with van der Waals surface area (Å²) in [6, 6.07) is 8.03. The molecule has 3 heteroatoms. The second kappa shape index (κ2) is 8.94. The second-order valence-electron chi connectivity index (χ2n) is 5.09. The fourth-order valence-corrected chi connectivity index (χ4v) is 2.06. The van der Waals surface area contributed by atoms with Gasteiger partial charge >= 0.3 is 0 Å². The summed E-state index contributed by atoms with van der Waals surface area (Å²) >= 11 is 0. The molecule has 0 saturated heterocycles. The Balaban J connectivity index is 2.31. The van der Waals surface area contributed by atoms with Crippen LogP contribution in [-0.4, -0.2) is 24.8 Å². The van der Waals surface area contributed by atoms with E-state index in [4.69, 9.17) is 4.74 Å². The van der Waals surface area contributed by atoms with Gasteiger partial charge in [-0.15, -0.1) is 0 Å². The summed E-state index contributed by atoms with van der Waals surface area (Å²) in [7, 11) is 1.64. The van der Waals surface area contributed by atoms with Crippen LogP contribution in [0.5, 0.6) is 5.75 Å². The summed E-state index contributed by atoms with van der Waals surface area (Å²) in [5.41, 5.74) is 0.925. The molecule has 2 N–H and O–H groups in total. The lowest BCUT2D eigenvalue weighted by atomic mass is 10.1. The Morgan fingerprint density at radius 3 is 2.47 bits per heavy atom. The van der Waals surface area contributed by atoms with Gasteiger partial charge in [0.2, 0.25) is 0 Å². The molecule has 19 heavy (non-hydrogen) atoms. The molecule has 0 aliphatic rings. The molecule has 2 atom stereocenters. The van der Waals surface area contributed by atoms with Gasteiger partial charge < -0.3 is 15.2 Å². The number of aliphatic hydroxyl groups excluding tert-OH is 1. The Morgan fingerprint density at radius 1 is 1.21 bits per heavy atom. The first kappa shape index (κ1) is 16.0. The minimum Gasteiger partial charge on any atom is -0.497 e. The summed E-state index contributed by atoms with van der Waals surface area (Å²) in [4.78, 5) is 0. The monoisotopic (exact) mass is 265 g/mol. The summed E-state index contributed by atoms with van der Waals surface area (Å²) in [5, 5.41) is 13.5. The minimum atomic E-state index is -0.459. The van der Waals surface area contributed by atoms with E-state index in [1.165, 1.54) is 25.7 Å². The molecule has 1 rings (SSSR count). The van der Waals surface area contributed by atoms with Crippen LogP contribution in [0, 0.1) is 0 Å². The Hall–Kier alpha value is -1.06. The highest BCUT2D eigenvalue weighted by Gasteiger charge is 2.09. The van der Waals surface area contributed by atoms with Gasteiger partial charge in [0.15, 0.2) is 0 Å². The molecule has 0 amide bonds. The van der Waals surface area contributed by atoms with Gasteiger partial charge in [-0.1, -0.05) is 38.3 Å². The smallest absolute Gasteiger partial charge is 0.118 e. The van der Waals surface area contributed by atoms with Gasteiger partial charge in [0.25, 0.3) is 0 Å². The van der Waals surface area contributed by atoms with Crippen molar-refractivity contribution >= 4 is 0 Å². The number of methoxy groups -OCH3 is 1. The zero-order valence-corrected chi connectivity index (χ0v) is 12.4. The van der Waals surface area contributed by atoms with Gasteiger partial charge in [0.1, 0.15) is 5.75 Å². The molecule has 0 spiro atoms. The number of benzene rings is 1. The fourth-order valence-electron chi connectivity index (χ4n) is 2.06. The Bertz CT molecular complexity index is 337. The molecule has 0 aliphatic heterocycles. The first-order valence-electron chi connectivity index (χ1n) is 7.22. The predicted octanol–water partition coefficient (Wildman–Crippen LogP) is 3.29. The van der Waals surface area contributed by atoms with Crippen molar-refractivity contribution in [3.8, 4) is 5.75 Å². The lowest BCUT2D eigenvalue weighted by molar-refractivity contribution is 0.169. The minimum absolute atomic E-state index is 0.458. The zero-order chi connectivity index (χ0) is 14.1. The van der Waals surface area contributed by atoms with Gasteiger partial charge in [0, 0.05) is 12.6 Å². The van der Waals surface area contributed by atoms with Gasteiger partial charge in [-0.2, -0.15) is 0 Å². The highest BCUT2D eigenvalue weighted by atomic mass is 16.5. The first-order chi connectivity index (χ1) is 9.17. The molecule has 1 aromatic rings. The first-order valence-corrected chi connectivity index (χ1v) is 7.22. The van der Waals surface area contributed by atoms with Crippen LogP contribution < -0.4 is 10.1 Å². The van der Waals surface area contributed by atoms with E-state index in [0.29, 0.717) is 12.6 Å². The van der Waals surface area contributed by atoms with Gasteiger partial charge in [0.05, 0.1) is 13.2 Å². The molecule has 0 radical (unpaired) electrons. The Labute approximate surface area is 117 Å². The number of hydrogen-bond acceptors (Lipinski definition) is 3. The van der Waals surface area contributed by atoms with Crippen molar-refractivity contribution in [2.24, 2.45) is 0 Å². The molecule has 0 bridgehead atoms. The van der Waals surface area contributed by atoms with Crippen LogP contribution in [-0.2, 0) is 0 Å². The molecule has 0 fully saturated rings. The normalized spacial score (nSPS) is 14.1. The molecular weight excluding hydrogens is 238 g/mol. The molecule has 0 aromatic heterocycles. The van der Waals surface area contributed by atoms with E-state index >= 15 is 0 Å². The Kier molecular flexibility index (Phi) is 7.53. The molecular formula is C16H27NO2. The third-order valence-electron chi connectivity index (χ3n) is 3.40. The quantitative estimate of drug-likeness (QED) is 0.673. The largest absolute Gasteiger partial charge is 0.497 e. The number of rotatable bonds is 9. The predicted molar refractivity (Wildman–Crippen MR) is 79.6 cm³/mol. The second-order valence-corrected chi connectivity index (χ2v) is 5.09. The van der Waals surface area contributed by atoms with Crippen LogP contribution in [0.15, 0.2) is 24.3 Å². The standard InChI is InChI=1S/C16H27NO2/c1-4-5-6-7-13(2)17-12-16(18)14-8-10-15(19-3)11-9-14/h8-11,13,16-18H,4-7,12H2,1-3H3. The molecule has 3 nitrogen and oxygen atoms in total. The number of ether oxygens (including phenoxy) is 1. The number of unbranched alkanes of at least 4 members (excludes halogenated alkanes) is 2. The Morgan fingerprint density at radius 2 is 1.89 bits per heavy atom. The van der Waals surface area contributed by atoms with Crippen LogP contribution in [0.2, 0.25) is 0 Å². The van der Waals surface area contributed by atoms with E-state index in [-0.39, 0.29) is 0 Å². The molecule has 0 saturated carbocycles. The SMILES string of the molecule is CCCCCC(C)NCC(O)c1ccc(OC)cc1. The lowest BCUT2D eigenvalue weighted by Gasteiger charge is -2.17. The molecule has 1 aromatic carbocycles. The summed E-state index contributed by atoms with van der Waals surface area (Å²) in [6.45, 7) is 4.99. The van der Waals surface area contributed by atoms with Gasteiger partial charge in [-0.05, 0) is 31.0 Å².